The van der Waals surface area contributed by atoms with E-state index in [1.165, 1.54) is 18.2 Å². The number of carbonyl (C=O) groups excluding carboxylic acids is 1. The number of likely N-dealkylation sites (tertiary alicyclic amines) is 1. The van der Waals surface area contributed by atoms with Gasteiger partial charge < -0.3 is 20.1 Å². The van der Waals surface area contributed by atoms with Gasteiger partial charge in [0.1, 0.15) is 0 Å². The van der Waals surface area contributed by atoms with Crippen molar-refractivity contribution in [1.29, 1.82) is 0 Å². The molecule has 22 heavy (non-hydrogen) atoms. The van der Waals surface area contributed by atoms with E-state index in [1.807, 2.05) is 0 Å². The van der Waals surface area contributed by atoms with Gasteiger partial charge in [0, 0.05) is 19.1 Å². The highest BCUT2D eigenvalue weighted by molar-refractivity contribution is 5.78. The molecule has 1 aromatic rings. The molecule has 0 aliphatic carbocycles. The molecule has 1 amide bonds. The van der Waals surface area contributed by atoms with Crippen molar-refractivity contribution in [3.8, 4) is 11.5 Å². The van der Waals surface area contributed by atoms with Crippen LogP contribution in [0.5, 0.6) is 11.5 Å². The summed E-state index contributed by atoms with van der Waals surface area (Å²) in [6, 6.07) is 5.89. The Hall–Kier alpha value is -1.96. The van der Waals surface area contributed by atoms with E-state index in [-0.39, 0.29) is 30.1 Å². The van der Waals surface area contributed by atoms with Crippen LogP contribution in [0.3, 0.4) is 0 Å². The molecule has 1 heterocycles. The van der Waals surface area contributed by atoms with Gasteiger partial charge in [-0.15, -0.1) is 0 Å². The Morgan fingerprint density at radius 3 is 2.45 bits per heavy atom. The zero-order valence-electron chi connectivity index (χ0n) is 11.8. The van der Waals surface area contributed by atoms with E-state index in [4.69, 9.17) is 10.5 Å². The van der Waals surface area contributed by atoms with Crippen LogP contribution in [0.1, 0.15) is 6.42 Å². The normalized spacial score (nSPS) is 18.4. The van der Waals surface area contributed by atoms with E-state index in [1.54, 1.807) is 11.0 Å². The Kier molecular flexibility index (Phi) is 5.12. The molecular weight excluding hydrogens is 301 g/mol. The average molecular weight is 318 g/mol. The smallest absolute Gasteiger partial charge is 0.422 e. The number of hydrogen-bond donors (Lipinski definition) is 1. The Morgan fingerprint density at radius 2 is 1.91 bits per heavy atom. The van der Waals surface area contributed by atoms with Gasteiger partial charge in [0.2, 0.25) is 0 Å². The van der Waals surface area contributed by atoms with Gasteiger partial charge in [-0.25, -0.2) is 0 Å². The van der Waals surface area contributed by atoms with Crippen LogP contribution in [0.2, 0.25) is 0 Å². The lowest BCUT2D eigenvalue weighted by Crippen LogP contribution is -2.35. The number of ether oxygens (including phenoxy) is 2. The van der Waals surface area contributed by atoms with E-state index in [0.717, 1.165) is 6.42 Å². The molecule has 1 saturated heterocycles. The summed E-state index contributed by atoms with van der Waals surface area (Å²) < 4.78 is 46.5. The standard InChI is InChI=1S/C14H17F3N2O3/c15-14(16,17)9-22-12-4-2-1-3-11(12)21-8-13(20)19-6-5-10(18)7-19/h1-4,10H,5-9,18H2/t10-/m1/s1. The first-order valence-electron chi connectivity index (χ1n) is 6.80. The van der Waals surface area contributed by atoms with Crippen LogP contribution in [0.15, 0.2) is 24.3 Å². The van der Waals surface area contributed by atoms with Crippen LogP contribution in [-0.4, -0.2) is 49.3 Å². The third kappa shape index (κ3) is 4.80. The van der Waals surface area contributed by atoms with E-state index in [2.05, 4.69) is 4.74 Å². The van der Waals surface area contributed by atoms with Gasteiger partial charge in [-0.1, -0.05) is 12.1 Å². The van der Waals surface area contributed by atoms with Crippen LogP contribution < -0.4 is 15.2 Å². The molecule has 122 valence electrons. The van der Waals surface area contributed by atoms with Gasteiger partial charge in [0.05, 0.1) is 0 Å². The molecule has 0 saturated carbocycles. The summed E-state index contributed by atoms with van der Waals surface area (Å²) in [5.41, 5.74) is 5.71. The van der Waals surface area contributed by atoms with Gasteiger partial charge >= 0.3 is 6.18 Å². The van der Waals surface area contributed by atoms with Crippen LogP contribution in [0.4, 0.5) is 13.2 Å². The minimum Gasteiger partial charge on any atom is -0.480 e. The molecule has 1 aromatic carbocycles. The maximum atomic E-state index is 12.2. The van der Waals surface area contributed by atoms with Gasteiger partial charge in [-0.3, -0.25) is 4.79 Å². The van der Waals surface area contributed by atoms with E-state index in [0.29, 0.717) is 13.1 Å². The molecule has 1 atom stereocenters. The Bertz CT molecular complexity index is 522. The van der Waals surface area contributed by atoms with Crippen molar-refractivity contribution in [3.05, 3.63) is 24.3 Å². The van der Waals surface area contributed by atoms with Crippen molar-refractivity contribution >= 4 is 5.91 Å². The van der Waals surface area contributed by atoms with E-state index in [9.17, 15) is 18.0 Å². The second-order valence-electron chi connectivity index (χ2n) is 5.03. The first kappa shape index (κ1) is 16.4. The third-order valence-corrected chi connectivity index (χ3v) is 3.17. The molecule has 1 fully saturated rings. The molecular formula is C14H17F3N2O3. The second kappa shape index (κ2) is 6.87. The lowest BCUT2D eigenvalue weighted by atomic mass is 10.3. The Labute approximate surface area is 125 Å². The molecule has 0 spiro atoms. The van der Waals surface area contributed by atoms with Crippen LogP contribution >= 0.6 is 0 Å². The number of rotatable bonds is 5. The quantitative estimate of drug-likeness (QED) is 0.895. The lowest BCUT2D eigenvalue weighted by molar-refractivity contribution is -0.153. The fourth-order valence-corrected chi connectivity index (χ4v) is 2.09. The lowest BCUT2D eigenvalue weighted by Gasteiger charge is -2.17. The van der Waals surface area contributed by atoms with Crippen molar-refractivity contribution in [2.75, 3.05) is 26.3 Å². The second-order valence-corrected chi connectivity index (χ2v) is 5.03. The zero-order valence-corrected chi connectivity index (χ0v) is 11.8. The largest absolute Gasteiger partial charge is 0.480 e. The number of amides is 1. The maximum absolute atomic E-state index is 12.2. The summed E-state index contributed by atoms with van der Waals surface area (Å²) in [6.07, 6.45) is -3.70. The summed E-state index contributed by atoms with van der Waals surface area (Å²) in [7, 11) is 0. The minimum atomic E-state index is -4.44. The van der Waals surface area contributed by atoms with Crippen LogP contribution in [-0.2, 0) is 4.79 Å². The molecule has 0 bridgehead atoms. The highest BCUT2D eigenvalue weighted by Gasteiger charge is 2.29. The molecule has 0 radical (unpaired) electrons. The van der Waals surface area contributed by atoms with Gasteiger partial charge in [0.25, 0.3) is 5.91 Å². The molecule has 0 unspecified atom stereocenters. The first-order chi connectivity index (χ1) is 10.3. The number of hydrogen-bond acceptors (Lipinski definition) is 4. The summed E-state index contributed by atoms with van der Waals surface area (Å²) in [4.78, 5) is 13.5. The average Bonchev–Trinajstić information content (AvgIpc) is 2.89. The number of alkyl halides is 3. The highest BCUT2D eigenvalue weighted by Crippen LogP contribution is 2.28. The SMILES string of the molecule is N[C@@H]1CCN(C(=O)COc2ccccc2OCC(F)(F)F)C1. The van der Waals surface area contributed by atoms with Crippen molar-refractivity contribution in [2.24, 2.45) is 5.73 Å². The molecule has 1 aliphatic rings. The van der Waals surface area contributed by atoms with E-state index >= 15 is 0 Å². The van der Waals surface area contributed by atoms with Crippen LogP contribution in [0, 0.1) is 0 Å². The number of para-hydroxylation sites is 2. The molecule has 5 nitrogen and oxygen atoms in total. The number of nitrogens with two attached hydrogens (primary N) is 1. The summed E-state index contributed by atoms with van der Waals surface area (Å²) in [5.74, 6) is -0.201. The van der Waals surface area contributed by atoms with Crippen molar-refractivity contribution in [3.63, 3.8) is 0 Å². The van der Waals surface area contributed by atoms with E-state index < -0.39 is 12.8 Å². The van der Waals surface area contributed by atoms with Gasteiger partial charge in [-0.2, -0.15) is 13.2 Å². The number of halogens is 3. The van der Waals surface area contributed by atoms with Crippen LogP contribution in [0.25, 0.3) is 0 Å². The molecule has 0 aromatic heterocycles. The molecule has 1 aliphatic heterocycles. The Morgan fingerprint density at radius 1 is 1.27 bits per heavy atom. The Balaban J connectivity index is 1.91. The van der Waals surface area contributed by atoms with Crippen molar-refractivity contribution in [2.45, 2.75) is 18.6 Å². The highest BCUT2D eigenvalue weighted by atomic mass is 19.4. The fourth-order valence-electron chi connectivity index (χ4n) is 2.09. The predicted octanol–water partition coefficient (Wildman–Crippen LogP) is 1.57. The molecule has 2 rings (SSSR count). The fraction of sp³-hybridized carbons (Fsp3) is 0.500. The molecule has 2 N–H and O–H groups in total. The van der Waals surface area contributed by atoms with Crippen molar-refractivity contribution < 1.29 is 27.4 Å². The summed E-state index contributed by atoms with van der Waals surface area (Å²) >= 11 is 0. The third-order valence-electron chi connectivity index (χ3n) is 3.17. The predicted molar refractivity (Wildman–Crippen MR) is 72.7 cm³/mol. The maximum Gasteiger partial charge on any atom is 0.422 e. The van der Waals surface area contributed by atoms with Crippen molar-refractivity contribution in [1.82, 2.24) is 4.90 Å². The van der Waals surface area contributed by atoms with Gasteiger partial charge in [0.15, 0.2) is 24.7 Å². The monoisotopic (exact) mass is 318 g/mol. The zero-order chi connectivity index (χ0) is 16.2. The summed E-state index contributed by atoms with van der Waals surface area (Å²) in [6.45, 7) is -0.647. The minimum absolute atomic E-state index is 0.0358. The topological polar surface area (TPSA) is 64.8 Å². The number of benzene rings is 1. The first-order valence-corrected chi connectivity index (χ1v) is 6.80. The van der Waals surface area contributed by atoms with Gasteiger partial charge in [-0.05, 0) is 18.6 Å². The number of nitrogens with zero attached hydrogens (tertiary/aromatic N) is 1. The number of carbonyl (C=O) groups is 1. The molecule has 8 heteroatoms. The summed E-state index contributed by atoms with van der Waals surface area (Å²) in [5, 5.41) is 0.